The number of rotatable bonds is 4. The van der Waals surface area contributed by atoms with Crippen molar-refractivity contribution in [3.8, 4) is 0 Å². The molecular formula is C17H20N2O3S2. The fraction of sp³-hybridized carbons (Fsp3) is 0.353. The largest absolute Gasteiger partial charge is 0.321 e. The molecule has 24 heavy (non-hydrogen) atoms. The maximum absolute atomic E-state index is 12.5. The lowest BCUT2D eigenvalue weighted by Crippen LogP contribution is -2.27. The highest BCUT2D eigenvalue weighted by molar-refractivity contribution is 7.89. The molecule has 1 aliphatic rings. The molecule has 1 fully saturated rings. The number of nitrogens with one attached hydrogen (secondary N) is 1. The number of hydrogen-bond acceptors (Lipinski definition) is 4. The topological polar surface area (TPSA) is 66.5 Å². The van der Waals surface area contributed by atoms with Gasteiger partial charge in [0, 0.05) is 24.2 Å². The molecule has 0 atom stereocenters. The van der Waals surface area contributed by atoms with Crippen molar-refractivity contribution in [2.75, 3.05) is 18.4 Å². The average Bonchev–Trinajstić information content (AvgIpc) is 3.22. The molecule has 5 nitrogen and oxygen atoms in total. The summed E-state index contributed by atoms with van der Waals surface area (Å²) >= 11 is 1.15. The van der Waals surface area contributed by atoms with Gasteiger partial charge >= 0.3 is 0 Å². The van der Waals surface area contributed by atoms with Gasteiger partial charge in [-0.2, -0.15) is 4.31 Å². The minimum atomic E-state index is -3.47. The van der Waals surface area contributed by atoms with Crippen LogP contribution in [0, 0.1) is 13.8 Å². The Labute approximate surface area is 146 Å². The minimum absolute atomic E-state index is 0.208. The Hall–Kier alpha value is -1.70. The first-order valence-electron chi connectivity index (χ1n) is 7.85. The van der Waals surface area contributed by atoms with Gasteiger partial charge in [0.1, 0.15) is 0 Å². The molecule has 1 saturated heterocycles. The second kappa shape index (κ2) is 6.66. The van der Waals surface area contributed by atoms with Crippen LogP contribution in [0.3, 0.4) is 0 Å². The van der Waals surface area contributed by atoms with Gasteiger partial charge in [-0.15, -0.1) is 11.3 Å². The Morgan fingerprint density at radius 1 is 1.12 bits per heavy atom. The third kappa shape index (κ3) is 3.38. The zero-order valence-electron chi connectivity index (χ0n) is 13.7. The third-order valence-corrected chi connectivity index (χ3v) is 7.22. The Kier molecular flexibility index (Phi) is 4.76. The van der Waals surface area contributed by atoms with Crippen LogP contribution in [0.4, 0.5) is 5.69 Å². The summed E-state index contributed by atoms with van der Waals surface area (Å²) in [6.45, 7) is 5.11. The molecule has 0 saturated carbocycles. The second-order valence-corrected chi connectivity index (χ2v) is 8.86. The van der Waals surface area contributed by atoms with Gasteiger partial charge in [0.2, 0.25) is 10.0 Å². The summed E-state index contributed by atoms with van der Waals surface area (Å²) in [4.78, 5) is 13.0. The molecule has 0 bridgehead atoms. The van der Waals surface area contributed by atoms with Crippen molar-refractivity contribution < 1.29 is 13.2 Å². The van der Waals surface area contributed by atoms with Gasteiger partial charge in [0.15, 0.2) is 0 Å². The number of carbonyl (C=O) groups excluding carboxylic acids is 1. The summed E-state index contributed by atoms with van der Waals surface area (Å²) in [5.41, 5.74) is 2.96. The summed E-state index contributed by atoms with van der Waals surface area (Å²) in [7, 11) is -3.47. The van der Waals surface area contributed by atoms with E-state index in [1.807, 2.05) is 32.0 Å². The molecule has 1 aliphatic heterocycles. The van der Waals surface area contributed by atoms with Crippen LogP contribution in [0.15, 0.2) is 34.5 Å². The maximum Gasteiger partial charge on any atom is 0.265 e. The molecule has 3 rings (SSSR count). The standard InChI is InChI=1S/C17H20N2O3S2/c1-12-5-6-14(9-13(12)2)18-17(20)16-10-15(11-23-16)24(21,22)19-7-3-4-8-19/h5-6,9-11H,3-4,7-8H2,1-2H3,(H,18,20). The van der Waals surface area contributed by atoms with Crippen LogP contribution in [-0.4, -0.2) is 31.7 Å². The summed E-state index contributed by atoms with van der Waals surface area (Å²) in [6.07, 6.45) is 1.78. The lowest BCUT2D eigenvalue weighted by Gasteiger charge is -2.13. The third-order valence-electron chi connectivity index (χ3n) is 4.27. The number of thiophene rings is 1. The van der Waals surface area contributed by atoms with E-state index in [0.717, 1.165) is 35.3 Å². The van der Waals surface area contributed by atoms with E-state index in [9.17, 15) is 13.2 Å². The maximum atomic E-state index is 12.5. The van der Waals surface area contributed by atoms with E-state index in [0.29, 0.717) is 23.7 Å². The predicted molar refractivity (Wildman–Crippen MR) is 96.2 cm³/mol. The van der Waals surface area contributed by atoms with Crippen LogP contribution in [0.1, 0.15) is 33.6 Å². The van der Waals surface area contributed by atoms with Crippen LogP contribution in [0.5, 0.6) is 0 Å². The highest BCUT2D eigenvalue weighted by Crippen LogP contribution is 2.26. The molecule has 1 aromatic heterocycles. The molecule has 1 N–H and O–H groups in total. The first-order chi connectivity index (χ1) is 11.4. The highest BCUT2D eigenvalue weighted by atomic mass is 32.2. The number of amides is 1. The van der Waals surface area contributed by atoms with Crippen LogP contribution in [-0.2, 0) is 10.0 Å². The van der Waals surface area contributed by atoms with Crippen LogP contribution in [0.2, 0.25) is 0 Å². The normalized spacial score (nSPS) is 15.6. The van der Waals surface area contributed by atoms with Crippen LogP contribution < -0.4 is 5.32 Å². The van der Waals surface area contributed by atoms with Crippen LogP contribution >= 0.6 is 11.3 Å². The molecule has 2 heterocycles. The first-order valence-corrected chi connectivity index (χ1v) is 10.2. The van der Waals surface area contributed by atoms with E-state index >= 15 is 0 Å². The first kappa shape index (κ1) is 17.1. The Morgan fingerprint density at radius 3 is 2.50 bits per heavy atom. The van der Waals surface area contributed by atoms with Gasteiger partial charge in [0.05, 0.1) is 9.77 Å². The smallest absolute Gasteiger partial charge is 0.265 e. The van der Waals surface area contributed by atoms with E-state index in [4.69, 9.17) is 0 Å². The number of hydrogen-bond donors (Lipinski definition) is 1. The van der Waals surface area contributed by atoms with Gasteiger partial charge in [-0.3, -0.25) is 4.79 Å². The zero-order valence-corrected chi connectivity index (χ0v) is 15.3. The monoisotopic (exact) mass is 364 g/mol. The van der Waals surface area contributed by atoms with Crippen molar-refractivity contribution in [3.05, 3.63) is 45.6 Å². The fourth-order valence-corrected chi connectivity index (χ4v) is 5.34. The number of sulfonamides is 1. The Bertz CT molecular complexity index is 866. The fourth-order valence-electron chi connectivity index (χ4n) is 2.66. The number of anilines is 1. The van der Waals surface area contributed by atoms with E-state index in [-0.39, 0.29) is 10.8 Å². The molecule has 0 unspecified atom stereocenters. The number of benzene rings is 1. The Balaban J connectivity index is 1.77. The van der Waals surface area contributed by atoms with E-state index in [1.165, 1.54) is 10.4 Å². The lowest BCUT2D eigenvalue weighted by molar-refractivity contribution is 0.103. The SMILES string of the molecule is Cc1ccc(NC(=O)c2cc(S(=O)(=O)N3CCCC3)cs2)cc1C. The molecule has 2 aromatic rings. The molecule has 0 aliphatic carbocycles. The van der Waals surface area contributed by atoms with Crippen molar-refractivity contribution in [1.29, 1.82) is 0 Å². The average molecular weight is 364 g/mol. The lowest BCUT2D eigenvalue weighted by atomic mass is 10.1. The molecular weight excluding hydrogens is 344 g/mol. The summed E-state index contributed by atoms with van der Waals surface area (Å²) in [6, 6.07) is 7.16. The zero-order chi connectivity index (χ0) is 17.3. The Morgan fingerprint density at radius 2 is 1.83 bits per heavy atom. The van der Waals surface area contributed by atoms with Crippen molar-refractivity contribution in [3.63, 3.8) is 0 Å². The second-order valence-electron chi connectivity index (χ2n) is 6.01. The highest BCUT2D eigenvalue weighted by Gasteiger charge is 2.28. The summed E-state index contributed by atoms with van der Waals surface area (Å²) in [5.74, 6) is -0.286. The van der Waals surface area contributed by atoms with Gasteiger partial charge in [0.25, 0.3) is 5.91 Å². The van der Waals surface area contributed by atoms with Gasteiger partial charge < -0.3 is 5.32 Å². The van der Waals surface area contributed by atoms with Crippen LogP contribution in [0.25, 0.3) is 0 Å². The van der Waals surface area contributed by atoms with Gasteiger partial charge in [-0.25, -0.2) is 8.42 Å². The molecule has 0 radical (unpaired) electrons. The molecule has 1 aromatic carbocycles. The van der Waals surface area contributed by atoms with Crippen molar-refractivity contribution in [2.45, 2.75) is 31.6 Å². The van der Waals surface area contributed by atoms with Gasteiger partial charge in [-0.05, 0) is 56.0 Å². The van der Waals surface area contributed by atoms with Crippen molar-refractivity contribution >= 4 is 33.0 Å². The number of carbonyl (C=O) groups is 1. The van der Waals surface area contributed by atoms with E-state index in [1.54, 1.807) is 5.38 Å². The molecule has 0 spiro atoms. The quantitative estimate of drug-likeness (QED) is 0.904. The number of nitrogens with zero attached hydrogens (tertiary/aromatic N) is 1. The van der Waals surface area contributed by atoms with E-state index < -0.39 is 10.0 Å². The summed E-state index contributed by atoms with van der Waals surface area (Å²) in [5, 5.41) is 4.37. The molecule has 128 valence electrons. The van der Waals surface area contributed by atoms with E-state index in [2.05, 4.69) is 5.32 Å². The van der Waals surface area contributed by atoms with Crippen molar-refractivity contribution in [2.24, 2.45) is 0 Å². The molecule has 1 amide bonds. The minimum Gasteiger partial charge on any atom is -0.321 e. The van der Waals surface area contributed by atoms with Crippen molar-refractivity contribution in [1.82, 2.24) is 4.31 Å². The predicted octanol–water partition coefficient (Wildman–Crippen LogP) is 3.40. The number of aryl methyl sites for hydroxylation is 2. The summed E-state index contributed by atoms with van der Waals surface area (Å²) < 4.78 is 26.5. The molecule has 7 heteroatoms. The van der Waals surface area contributed by atoms with Gasteiger partial charge in [-0.1, -0.05) is 6.07 Å².